The van der Waals surface area contributed by atoms with Crippen molar-refractivity contribution in [1.82, 2.24) is 9.97 Å². The van der Waals surface area contributed by atoms with Gasteiger partial charge in [-0.05, 0) is 18.2 Å². The molecule has 0 radical (unpaired) electrons. The molecule has 2 aliphatic rings. The Morgan fingerprint density at radius 3 is 2.88 bits per heavy atom. The zero-order valence-electron chi connectivity index (χ0n) is 12.4. The number of nitrogens with zero attached hydrogens (tertiary/aromatic N) is 1. The second-order valence-corrected chi connectivity index (χ2v) is 5.42. The molecule has 6 N–H and O–H groups in total. The lowest BCUT2D eigenvalue weighted by Crippen LogP contribution is -2.44. The molecular formula is C17H13N4O3+. The minimum absolute atomic E-state index is 0.0115. The molecule has 0 fully saturated rings. The number of carbonyl (C=O) groups is 1. The van der Waals surface area contributed by atoms with E-state index in [-0.39, 0.29) is 5.69 Å². The molecule has 2 aromatic rings. The van der Waals surface area contributed by atoms with Crippen LogP contribution < -0.4 is 16.5 Å². The highest BCUT2D eigenvalue weighted by Crippen LogP contribution is 2.40. The summed E-state index contributed by atoms with van der Waals surface area (Å²) in [5.41, 5.74) is 8.64. The van der Waals surface area contributed by atoms with Gasteiger partial charge in [0, 0.05) is 34.3 Å². The number of aromatic amines is 1. The third-order valence-electron chi connectivity index (χ3n) is 3.86. The quantitative estimate of drug-likeness (QED) is 0.321. The van der Waals surface area contributed by atoms with E-state index in [1.165, 1.54) is 6.33 Å². The first-order chi connectivity index (χ1) is 11.5. The number of nitrogens with one attached hydrogen (secondary N) is 1. The van der Waals surface area contributed by atoms with Crippen LogP contribution in [0.15, 0.2) is 47.1 Å². The SMILES string of the molecule is Nc1ccc2c(-c3nc[nH]c3C(=O)O)c3ccc(=[NH2+])cc-3oc2c1. The summed E-state index contributed by atoms with van der Waals surface area (Å²) in [4.78, 5) is 18.4. The van der Waals surface area contributed by atoms with Gasteiger partial charge in [-0.25, -0.2) is 9.78 Å². The van der Waals surface area contributed by atoms with E-state index in [9.17, 15) is 9.90 Å². The number of nitrogen functional groups attached to an aromatic ring is 1. The van der Waals surface area contributed by atoms with E-state index in [0.29, 0.717) is 33.6 Å². The van der Waals surface area contributed by atoms with Crippen molar-refractivity contribution in [2.45, 2.75) is 0 Å². The van der Waals surface area contributed by atoms with Crippen LogP contribution in [0.5, 0.6) is 0 Å². The van der Waals surface area contributed by atoms with Crippen molar-refractivity contribution in [2.24, 2.45) is 0 Å². The predicted molar refractivity (Wildman–Crippen MR) is 86.8 cm³/mol. The fourth-order valence-corrected chi connectivity index (χ4v) is 2.83. The van der Waals surface area contributed by atoms with Gasteiger partial charge in [0.15, 0.2) is 11.1 Å². The summed E-state index contributed by atoms with van der Waals surface area (Å²) in [6.45, 7) is 0. The third-order valence-corrected chi connectivity index (χ3v) is 3.86. The number of imidazole rings is 1. The fourth-order valence-electron chi connectivity index (χ4n) is 2.83. The first kappa shape index (κ1) is 14.0. The highest BCUT2D eigenvalue weighted by Gasteiger charge is 2.23. The van der Waals surface area contributed by atoms with Gasteiger partial charge in [-0.3, -0.25) is 5.41 Å². The van der Waals surface area contributed by atoms with Crippen LogP contribution in [0.3, 0.4) is 0 Å². The van der Waals surface area contributed by atoms with Gasteiger partial charge in [0.2, 0.25) is 0 Å². The Bertz CT molecular complexity index is 1130. The molecule has 7 nitrogen and oxygen atoms in total. The van der Waals surface area contributed by atoms with Crippen LogP contribution in [0, 0.1) is 0 Å². The standard InChI is InChI=1S/C17H12N4O3/c18-8-1-3-10-12(5-8)24-13-6-9(19)2-4-11(13)14(10)15-16(17(22)23)21-7-20-15/h1-7,18H,19H2,(H,20,21)(H,22,23)/p+1. The smallest absolute Gasteiger partial charge is 0.354 e. The Hall–Kier alpha value is -3.61. The second-order valence-electron chi connectivity index (χ2n) is 5.42. The van der Waals surface area contributed by atoms with Crippen molar-refractivity contribution in [2.75, 3.05) is 5.73 Å². The molecule has 0 saturated carbocycles. The minimum Gasteiger partial charge on any atom is -0.477 e. The molecule has 0 saturated heterocycles. The lowest BCUT2D eigenvalue weighted by atomic mass is 9.96. The molecule has 0 unspecified atom stereocenters. The number of carboxylic acids is 1. The van der Waals surface area contributed by atoms with Gasteiger partial charge in [0.25, 0.3) is 0 Å². The second kappa shape index (κ2) is 4.95. The maximum atomic E-state index is 11.5. The molecule has 0 bridgehead atoms. The summed E-state index contributed by atoms with van der Waals surface area (Å²) in [5, 5.41) is 16.5. The molecule has 1 aliphatic heterocycles. The molecule has 0 amide bonds. The van der Waals surface area contributed by atoms with Crippen LogP contribution in [0.4, 0.5) is 5.69 Å². The largest absolute Gasteiger partial charge is 0.477 e. The summed E-state index contributed by atoms with van der Waals surface area (Å²) < 4.78 is 5.90. The van der Waals surface area contributed by atoms with Crippen molar-refractivity contribution in [3.8, 4) is 22.6 Å². The lowest BCUT2D eigenvalue weighted by molar-refractivity contribution is -0.172. The molecule has 4 rings (SSSR count). The maximum absolute atomic E-state index is 11.5. The van der Waals surface area contributed by atoms with Gasteiger partial charge >= 0.3 is 5.97 Å². The zero-order chi connectivity index (χ0) is 16.8. The van der Waals surface area contributed by atoms with Crippen molar-refractivity contribution in [3.05, 3.63) is 53.8 Å². The number of aromatic nitrogens is 2. The zero-order valence-corrected chi connectivity index (χ0v) is 12.4. The summed E-state index contributed by atoms with van der Waals surface area (Å²) in [6, 6.07) is 10.4. The number of benzene rings is 2. The van der Waals surface area contributed by atoms with Crippen LogP contribution in [0.2, 0.25) is 0 Å². The van der Waals surface area contributed by atoms with Crippen LogP contribution in [-0.4, -0.2) is 21.0 Å². The highest BCUT2D eigenvalue weighted by atomic mass is 16.4. The number of hydrogen-bond donors (Lipinski definition) is 4. The topological polar surface area (TPSA) is 131 Å². The van der Waals surface area contributed by atoms with Gasteiger partial charge in [0.1, 0.15) is 17.0 Å². The number of carboxylic acid groups (broad SMARTS) is 1. The third kappa shape index (κ3) is 2.03. The Morgan fingerprint density at radius 1 is 1.25 bits per heavy atom. The van der Waals surface area contributed by atoms with Gasteiger partial charge in [0.05, 0.1) is 12.4 Å². The van der Waals surface area contributed by atoms with Crippen molar-refractivity contribution in [3.63, 3.8) is 0 Å². The van der Waals surface area contributed by atoms with E-state index < -0.39 is 5.97 Å². The van der Waals surface area contributed by atoms with E-state index in [4.69, 9.17) is 15.6 Å². The first-order valence-corrected chi connectivity index (χ1v) is 7.16. The van der Waals surface area contributed by atoms with Crippen LogP contribution >= 0.6 is 0 Å². The molecule has 1 aliphatic carbocycles. The lowest BCUT2D eigenvalue weighted by Gasteiger charge is -2.13. The van der Waals surface area contributed by atoms with Crippen LogP contribution in [0.1, 0.15) is 10.5 Å². The Kier molecular flexibility index (Phi) is 2.89. The number of nitrogens with two attached hydrogens (primary N) is 2. The van der Waals surface area contributed by atoms with Gasteiger partial charge in [-0.1, -0.05) is 0 Å². The van der Waals surface area contributed by atoms with Crippen LogP contribution in [0.25, 0.3) is 33.6 Å². The molecular weight excluding hydrogens is 308 g/mol. The van der Waals surface area contributed by atoms with Gasteiger partial charge < -0.3 is 20.2 Å². The number of H-pyrrole nitrogens is 1. The maximum Gasteiger partial charge on any atom is 0.354 e. The number of aromatic carboxylic acids is 1. The minimum atomic E-state index is -1.09. The Balaban J connectivity index is 2.21. The van der Waals surface area contributed by atoms with E-state index in [1.807, 2.05) is 0 Å². The fraction of sp³-hybridized carbons (Fsp3) is 0. The number of anilines is 1. The van der Waals surface area contributed by atoms with Gasteiger partial charge in [-0.15, -0.1) is 0 Å². The van der Waals surface area contributed by atoms with Crippen molar-refractivity contribution < 1.29 is 19.7 Å². The molecule has 0 atom stereocenters. The molecule has 24 heavy (non-hydrogen) atoms. The first-order valence-electron chi connectivity index (χ1n) is 7.16. The van der Waals surface area contributed by atoms with E-state index in [2.05, 4.69) is 9.97 Å². The van der Waals surface area contributed by atoms with Crippen molar-refractivity contribution >= 4 is 22.6 Å². The molecule has 0 spiro atoms. The summed E-state index contributed by atoms with van der Waals surface area (Å²) in [7, 11) is 0. The molecule has 1 aromatic heterocycles. The normalized spacial score (nSPS) is 11.2. The van der Waals surface area contributed by atoms with Crippen molar-refractivity contribution in [1.29, 1.82) is 0 Å². The molecule has 1 aromatic carbocycles. The number of fused-ring (bicyclic) bond motifs is 2. The van der Waals surface area contributed by atoms with E-state index in [0.717, 1.165) is 10.9 Å². The van der Waals surface area contributed by atoms with Crippen LogP contribution in [-0.2, 0) is 0 Å². The highest BCUT2D eigenvalue weighted by molar-refractivity contribution is 6.05. The van der Waals surface area contributed by atoms with Gasteiger partial charge in [-0.2, -0.15) is 0 Å². The summed E-state index contributed by atoms with van der Waals surface area (Å²) in [6.07, 6.45) is 1.36. The summed E-state index contributed by atoms with van der Waals surface area (Å²) in [5.74, 6) is -0.557. The van der Waals surface area contributed by atoms with E-state index in [1.54, 1.807) is 36.4 Å². The summed E-state index contributed by atoms with van der Waals surface area (Å²) >= 11 is 0. The molecule has 2 heterocycles. The number of hydrogen-bond acceptors (Lipinski definition) is 4. The molecule has 118 valence electrons. The Morgan fingerprint density at radius 2 is 2.08 bits per heavy atom. The molecule has 7 heteroatoms. The average Bonchev–Trinajstić information content (AvgIpc) is 3.01. The Labute approximate surface area is 135 Å². The monoisotopic (exact) mass is 321 g/mol. The van der Waals surface area contributed by atoms with E-state index >= 15 is 0 Å². The number of rotatable bonds is 2. The predicted octanol–water partition coefficient (Wildman–Crippen LogP) is 0.868. The average molecular weight is 321 g/mol.